The molecule has 1 rings (SSSR count). The predicted molar refractivity (Wildman–Crippen MR) is 52.7 cm³/mol. The van der Waals surface area contributed by atoms with Gasteiger partial charge in [-0.15, -0.1) is 0 Å². The number of ether oxygens (including phenoxy) is 1. The molecule has 0 saturated carbocycles. The van der Waals surface area contributed by atoms with Gasteiger partial charge in [0.25, 0.3) is 0 Å². The summed E-state index contributed by atoms with van der Waals surface area (Å²) in [4.78, 5) is 0. The fraction of sp³-hybridized carbons (Fsp3) is 0.455. The zero-order chi connectivity index (χ0) is 10.4. The molecule has 0 heterocycles. The van der Waals surface area contributed by atoms with Crippen LogP contribution >= 0.6 is 0 Å². The van der Waals surface area contributed by atoms with E-state index in [-0.39, 0.29) is 6.61 Å². The second kappa shape index (κ2) is 5.73. The second-order valence-corrected chi connectivity index (χ2v) is 3.25. The van der Waals surface area contributed by atoms with Crippen LogP contribution in [0, 0.1) is 0 Å². The highest BCUT2D eigenvalue weighted by molar-refractivity contribution is 5.13. The van der Waals surface area contributed by atoms with Crippen molar-refractivity contribution in [3.05, 3.63) is 35.9 Å². The van der Waals surface area contributed by atoms with Gasteiger partial charge in [0.05, 0.1) is 13.2 Å². The van der Waals surface area contributed by atoms with E-state index in [0.717, 1.165) is 5.56 Å². The molecule has 1 aromatic rings. The van der Waals surface area contributed by atoms with Crippen molar-refractivity contribution >= 4 is 0 Å². The first-order chi connectivity index (χ1) is 6.70. The van der Waals surface area contributed by atoms with Crippen molar-refractivity contribution in [2.75, 3.05) is 6.61 Å². The normalized spacial score (nSPS) is 15.1. The van der Waals surface area contributed by atoms with Gasteiger partial charge >= 0.3 is 0 Å². The van der Waals surface area contributed by atoms with Gasteiger partial charge in [0.2, 0.25) is 0 Å². The molecule has 0 bridgehead atoms. The van der Waals surface area contributed by atoms with Gasteiger partial charge in [-0.3, -0.25) is 0 Å². The molecule has 0 fully saturated rings. The summed E-state index contributed by atoms with van der Waals surface area (Å²) in [5, 5.41) is 9.10. The smallest absolute Gasteiger partial charge is 0.125 e. The average molecular weight is 198 g/mol. The maximum absolute atomic E-state index is 12.5. The van der Waals surface area contributed by atoms with Crippen LogP contribution in [0.1, 0.15) is 12.5 Å². The molecule has 3 heteroatoms. The number of hydrogen-bond donors (Lipinski definition) is 1. The van der Waals surface area contributed by atoms with Gasteiger partial charge in [-0.1, -0.05) is 30.3 Å². The SMILES string of the molecule is CC(F)C(O)COCc1ccccc1. The van der Waals surface area contributed by atoms with E-state index in [1.165, 1.54) is 6.92 Å². The number of aliphatic hydroxyl groups is 1. The summed E-state index contributed by atoms with van der Waals surface area (Å²) in [5.41, 5.74) is 1.02. The summed E-state index contributed by atoms with van der Waals surface area (Å²) in [5.74, 6) is 0. The Balaban J connectivity index is 2.22. The van der Waals surface area contributed by atoms with Crippen molar-refractivity contribution < 1.29 is 14.2 Å². The number of benzene rings is 1. The Morgan fingerprint density at radius 2 is 2.00 bits per heavy atom. The molecule has 0 aliphatic carbocycles. The minimum Gasteiger partial charge on any atom is -0.388 e. The van der Waals surface area contributed by atoms with Crippen LogP contribution in [0.2, 0.25) is 0 Å². The Morgan fingerprint density at radius 3 is 2.57 bits per heavy atom. The van der Waals surface area contributed by atoms with Crippen LogP contribution in [0.4, 0.5) is 4.39 Å². The summed E-state index contributed by atoms with van der Waals surface area (Å²) in [6.07, 6.45) is -2.27. The van der Waals surface area contributed by atoms with E-state index in [0.29, 0.717) is 6.61 Å². The fourth-order valence-corrected chi connectivity index (χ4v) is 1.00. The maximum atomic E-state index is 12.5. The Morgan fingerprint density at radius 1 is 1.36 bits per heavy atom. The average Bonchev–Trinajstić information content (AvgIpc) is 2.19. The zero-order valence-electron chi connectivity index (χ0n) is 8.19. The van der Waals surface area contributed by atoms with Crippen LogP contribution in [0.5, 0.6) is 0 Å². The lowest BCUT2D eigenvalue weighted by Crippen LogP contribution is -2.24. The first-order valence-corrected chi connectivity index (χ1v) is 4.64. The third-order valence-corrected chi connectivity index (χ3v) is 1.93. The van der Waals surface area contributed by atoms with Crippen LogP contribution in [0.15, 0.2) is 30.3 Å². The zero-order valence-corrected chi connectivity index (χ0v) is 8.19. The standard InChI is InChI=1S/C11H15FO2/c1-9(12)11(13)8-14-7-10-5-3-2-4-6-10/h2-6,9,11,13H,7-8H2,1H3. The van der Waals surface area contributed by atoms with E-state index < -0.39 is 12.3 Å². The van der Waals surface area contributed by atoms with E-state index in [1.807, 2.05) is 30.3 Å². The number of alkyl halides is 1. The lowest BCUT2D eigenvalue weighted by atomic mass is 10.2. The van der Waals surface area contributed by atoms with Crippen LogP contribution in [-0.4, -0.2) is 24.0 Å². The largest absolute Gasteiger partial charge is 0.388 e. The van der Waals surface area contributed by atoms with Crippen LogP contribution in [0.25, 0.3) is 0 Å². The monoisotopic (exact) mass is 198 g/mol. The number of aliphatic hydroxyl groups excluding tert-OH is 1. The Labute approximate surface area is 83.3 Å². The van der Waals surface area contributed by atoms with E-state index >= 15 is 0 Å². The first-order valence-electron chi connectivity index (χ1n) is 4.64. The van der Waals surface area contributed by atoms with Gasteiger partial charge < -0.3 is 9.84 Å². The summed E-state index contributed by atoms with van der Waals surface area (Å²) in [7, 11) is 0. The molecule has 14 heavy (non-hydrogen) atoms. The number of halogens is 1. The summed E-state index contributed by atoms with van der Waals surface area (Å²) < 4.78 is 17.6. The van der Waals surface area contributed by atoms with Gasteiger partial charge in [0.15, 0.2) is 0 Å². The number of hydrogen-bond acceptors (Lipinski definition) is 2. The van der Waals surface area contributed by atoms with Gasteiger partial charge in [0, 0.05) is 0 Å². The van der Waals surface area contributed by atoms with Crippen LogP contribution in [-0.2, 0) is 11.3 Å². The van der Waals surface area contributed by atoms with Crippen LogP contribution < -0.4 is 0 Å². The van der Waals surface area contributed by atoms with Gasteiger partial charge in [-0.25, -0.2) is 4.39 Å². The molecule has 2 nitrogen and oxygen atoms in total. The Kier molecular flexibility index (Phi) is 4.56. The summed E-state index contributed by atoms with van der Waals surface area (Å²) in [6, 6.07) is 9.58. The lowest BCUT2D eigenvalue weighted by molar-refractivity contribution is -0.00767. The van der Waals surface area contributed by atoms with E-state index in [9.17, 15) is 4.39 Å². The highest BCUT2D eigenvalue weighted by atomic mass is 19.1. The molecule has 0 aliphatic rings. The highest BCUT2D eigenvalue weighted by Crippen LogP contribution is 2.03. The first kappa shape index (κ1) is 11.1. The van der Waals surface area contributed by atoms with Crippen molar-refractivity contribution in [3.8, 4) is 0 Å². The molecule has 0 amide bonds. The maximum Gasteiger partial charge on any atom is 0.125 e. The van der Waals surface area contributed by atoms with Gasteiger partial charge in [-0.2, -0.15) is 0 Å². The highest BCUT2D eigenvalue weighted by Gasteiger charge is 2.12. The molecule has 1 aromatic carbocycles. The third-order valence-electron chi connectivity index (χ3n) is 1.93. The van der Waals surface area contributed by atoms with Gasteiger partial charge in [-0.05, 0) is 12.5 Å². The fourth-order valence-electron chi connectivity index (χ4n) is 1.00. The minimum atomic E-state index is -1.24. The van der Waals surface area contributed by atoms with Crippen molar-refractivity contribution in [1.82, 2.24) is 0 Å². The van der Waals surface area contributed by atoms with E-state index in [4.69, 9.17) is 9.84 Å². The van der Waals surface area contributed by atoms with Crippen molar-refractivity contribution in [2.24, 2.45) is 0 Å². The Hall–Kier alpha value is -0.930. The predicted octanol–water partition coefficient (Wildman–Crippen LogP) is 1.92. The summed E-state index contributed by atoms with van der Waals surface area (Å²) >= 11 is 0. The topological polar surface area (TPSA) is 29.5 Å². The van der Waals surface area contributed by atoms with Crippen molar-refractivity contribution in [3.63, 3.8) is 0 Å². The quantitative estimate of drug-likeness (QED) is 0.783. The van der Waals surface area contributed by atoms with Gasteiger partial charge in [0.1, 0.15) is 12.3 Å². The second-order valence-electron chi connectivity index (χ2n) is 3.25. The molecule has 0 aromatic heterocycles. The third kappa shape index (κ3) is 3.85. The lowest BCUT2D eigenvalue weighted by Gasteiger charge is -2.11. The molecular formula is C11H15FO2. The van der Waals surface area contributed by atoms with Crippen molar-refractivity contribution in [1.29, 1.82) is 0 Å². The molecule has 0 saturated heterocycles. The molecule has 1 N–H and O–H groups in total. The minimum absolute atomic E-state index is 0.0343. The molecule has 0 radical (unpaired) electrons. The summed E-state index contributed by atoms with van der Waals surface area (Å²) in [6.45, 7) is 1.76. The van der Waals surface area contributed by atoms with E-state index in [1.54, 1.807) is 0 Å². The molecule has 2 unspecified atom stereocenters. The molecule has 78 valence electrons. The molecular weight excluding hydrogens is 183 g/mol. The molecule has 0 aliphatic heterocycles. The molecule has 0 spiro atoms. The van der Waals surface area contributed by atoms with Crippen LogP contribution in [0.3, 0.4) is 0 Å². The molecule has 2 atom stereocenters. The van der Waals surface area contributed by atoms with E-state index in [2.05, 4.69) is 0 Å². The number of rotatable bonds is 5. The van der Waals surface area contributed by atoms with Crippen molar-refractivity contribution in [2.45, 2.75) is 25.8 Å². The Bertz CT molecular complexity index is 249.